The van der Waals surface area contributed by atoms with Gasteiger partial charge in [0.05, 0.1) is 6.54 Å². The maximum absolute atomic E-state index is 12.1. The van der Waals surface area contributed by atoms with Gasteiger partial charge in [-0.3, -0.25) is 4.79 Å². The van der Waals surface area contributed by atoms with Crippen LogP contribution in [0, 0.1) is 0 Å². The highest BCUT2D eigenvalue weighted by atomic mass is 19.4. The Morgan fingerprint density at radius 2 is 2.11 bits per heavy atom. The highest BCUT2D eigenvalue weighted by Gasteiger charge is 2.38. The lowest BCUT2D eigenvalue weighted by molar-refractivity contribution is -0.198. The molecule has 102 valence electrons. The summed E-state index contributed by atoms with van der Waals surface area (Å²) in [6.45, 7) is 2.71. The molecule has 1 heterocycles. The van der Waals surface area contributed by atoms with Crippen LogP contribution < -0.4 is 10.9 Å². The van der Waals surface area contributed by atoms with Crippen molar-refractivity contribution in [3.05, 3.63) is 22.7 Å². The highest BCUT2D eigenvalue weighted by Crippen LogP contribution is 2.19. The molecule has 0 saturated carbocycles. The van der Waals surface area contributed by atoms with E-state index in [-0.39, 0.29) is 11.9 Å². The summed E-state index contributed by atoms with van der Waals surface area (Å²) >= 11 is 0. The fourth-order valence-electron chi connectivity index (χ4n) is 1.26. The molecule has 1 rings (SSSR count). The number of rotatable bonds is 4. The fourth-order valence-corrected chi connectivity index (χ4v) is 1.26. The number of halogens is 3. The number of aliphatic hydroxyl groups is 1. The van der Waals surface area contributed by atoms with Crippen LogP contribution >= 0.6 is 0 Å². The van der Waals surface area contributed by atoms with Crippen molar-refractivity contribution in [3.63, 3.8) is 0 Å². The third-order valence-corrected chi connectivity index (χ3v) is 2.27. The zero-order chi connectivity index (χ0) is 13.9. The van der Waals surface area contributed by atoms with E-state index in [2.05, 4.69) is 10.3 Å². The molecule has 2 N–H and O–H groups in total. The van der Waals surface area contributed by atoms with Gasteiger partial charge < -0.3 is 15.0 Å². The Kier molecular flexibility index (Phi) is 4.33. The van der Waals surface area contributed by atoms with E-state index in [1.54, 1.807) is 13.8 Å². The van der Waals surface area contributed by atoms with Gasteiger partial charge in [-0.05, 0) is 13.8 Å². The Labute approximate surface area is 101 Å². The first kappa shape index (κ1) is 14.5. The maximum Gasteiger partial charge on any atom is 0.416 e. The van der Waals surface area contributed by atoms with Crippen LogP contribution in [0.1, 0.15) is 19.9 Å². The molecular weight excluding hydrogens is 251 g/mol. The maximum atomic E-state index is 12.1. The molecule has 1 unspecified atom stereocenters. The molecule has 0 aromatic carbocycles. The fraction of sp³-hybridized carbons (Fsp3) is 0.600. The molecule has 0 aliphatic rings. The molecule has 0 saturated heterocycles. The van der Waals surface area contributed by atoms with Crippen LogP contribution in [0.25, 0.3) is 0 Å². The monoisotopic (exact) mass is 265 g/mol. The molecule has 18 heavy (non-hydrogen) atoms. The van der Waals surface area contributed by atoms with Crippen molar-refractivity contribution in [2.75, 3.05) is 11.9 Å². The summed E-state index contributed by atoms with van der Waals surface area (Å²) in [4.78, 5) is 15.4. The second kappa shape index (κ2) is 5.38. The lowest BCUT2D eigenvalue weighted by Crippen LogP contribution is -2.37. The molecule has 0 bridgehead atoms. The van der Waals surface area contributed by atoms with Gasteiger partial charge in [0.2, 0.25) is 0 Å². The predicted molar refractivity (Wildman–Crippen MR) is 59.4 cm³/mol. The van der Waals surface area contributed by atoms with Gasteiger partial charge in [-0.15, -0.1) is 0 Å². The van der Waals surface area contributed by atoms with Gasteiger partial charge >= 0.3 is 6.18 Å². The summed E-state index contributed by atoms with van der Waals surface area (Å²) in [5.74, 6) is -0.213. The van der Waals surface area contributed by atoms with Crippen molar-refractivity contribution in [1.29, 1.82) is 0 Å². The standard InChI is InChI=1S/C10H14F3N3O2/c1-6(2)16-4-3-14-8(9(16)18)15-5-7(17)10(11,12)13/h3-4,6-7,17H,5H2,1-2H3,(H,14,15). The topological polar surface area (TPSA) is 67.2 Å². The Morgan fingerprint density at radius 1 is 1.50 bits per heavy atom. The number of nitrogens with zero attached hydrogens (tertiary/aromatic N) is 2. The second-order valence-corrected chi connectivity index (χ2v) is 4.02. The van der Waals surface area contributed by atoms with Crippen molar-refractivity contribution < 1.29 is 18.3 Å². The van der Waals surface area contributed by atoms with Crippen molar-refractivity contribution in [1.82, 2.24) is 9.55 Å². The molecule has 0 amide bonds. The number of alkyl halides is 3. The molecule has 1 aromatic heterocycles. The van der Waals surface area contributed by atoms with Gasteiger partial charge in [-0.1, -0.05) is 0 Å². The van der Waals surface area contributed by atoms with Crippen LogP contribution in [0.3, 0.4) is 0 Å². The van der Waals surface area contributed by atoms with Crippen molar-refractivity contribution in [2.45, 2.75) is 32.2 Å². The van der Waals surface area contributed by atoms with E-state index in [0.717, 1.165) is 0 Å². The van der Waals surface area contributed by atoms with Crippen LogP contribution in [-0.2, 0) is 0 Å². The molecule has 1 atom stereocenters. The van der Waals surface area contributed by atoms with E-state index < -0.39 is 24.4 Å². The van der Waals surface area contributed by atoms with Gasteiger partial charge in [0.15, 0.2) is 11.9 Å². The van der Waals surface area contributed by atoms with Crippen LogP contribution in [0.4, 0.5) is 19.0 Å². The number of hydrogen-bond acceptors (Lipinski definition) is 4. The van der Waals surface area contributed by atoms with Crippen LogP contribution in [-0.4, -0.2) is 33.5 Å². The summed E-state index contributed by atoms with van der Waals surface area (Å²) < 4.78 is 37.5. The first-order valence-corrected chi connectivity index (χ1v) is 5.29. The largest absolute Gasteiger partial charge is 0.416 e. The predicted octanol–water partition coefficient (Wildman–Crippen LogP) is 1.16. The van der Waals surface area contributed by atoms with E-state index in [9.17, 15) is 18.0 Å². The highest BCUT2D eigenvalue weighted by molar-refractivity contribution is 5.31. The Hall–Kier alpha value is -1.57. The number of anilines is 1. The second-order valence-electron chi connectivity index (χ2n) is 4.02. The molecular formula is C10H14F3N3O2. The van der Waals surface area contributed by atoms with Gasteiger partial charge in [0.25, 0.3) is 5.56 Å². The molecule has 0 aliphatic carbocycles. The van der Waals surface area contributed by atoms with Gasteiger partial charge in [0.1, 0.15) is 0 Å². The third-order valence-electron chi connectivity index (χ3n) is 2.27. The average molecular weight is 265 g/mol. The minimum absolute atomic E-state index is 0.131. The first-order chi connectivity index (χ1) is 8.23. The molecule has 8 heteroatoms. The zero-order valence-electron chi connectivity index (χ0n) is 9.90. The van der Waals surface area contributed by atoms with Gasteiger partial charge in [0, 0.05) is 18.4 Å². The van der Waals surface area contributed by atoms with E-state index in [1.807, 2.05) is 0 Å². The quantitative estimate of drug-likeness (QED) is 0.857. The molecule has 5 nitrogen and oxygen atoms in total. The van der Waals surface area contributed by atoms with Gasteiger partial charge in [-0.25, -0.2) is 4.98 Å². The summed E-state index contributed by atoms with van der Waals surface area (Å²) in [5, 5.41) is 11.0. The number of aromatic nitrogens is 2. The SMILES string of the molecule is CC(C)n1ccnc(NCC(O)C(F)(F)F)c1=O. The first-order valence-electron chi connectivity index (χ1n) is 5.29. The molecule has 0 aliphatic heterocycles. The van der Waals surface area contributed by atoms with E-state index >= 15 is 0 Å². The number of nitrogens with one attached hydrogen (secondary N) is 1. The minimum Gasteiger partial charge on any atom is -0.382 e. The summed E-state index contributed by atoms with van der Waals surface area (Å²) in [5.41, 5.74) is -0.526. The van der Waals surface area contributed by atoms with Crippen LogP contribution in [0.15, 0.2) is 17.2 Å². The van der Waals surface area contributed by atoms with Crippen molar-refractivity contribution in [2.24, 2.45) is 0 Å². The smallest absolute Gasteiger partial charge is 0.382 e. The summed E-state index contributed by atoms with van der Waals surface area (Å²) in [7, 11) is 0. The average Bonchev–Trinajstić information content (AvgIpc) is 2.25. The van der Waals surface area contributed by atoms with Crippen molar-refractivity contribution in [3.8, 4) is 0 Å². The Balaban J connectivity index is 2.81. The van der Waals surface area contributed by atoms with E-state index in [4.69, 9.17) is 5.11 Å². The van der Waals surface area contributed by atoms with Gasteiger partial charge in [-0.2, -0.15) is 13.2 Å². The zero-order valence-corrected chi connectivity index (χ0v) is 9.90. The molecule has 1 aromatic rings. The van der Waals surface area contributed by atoms with Crippen LogP contribution in [0.2, 0.25) is 0 Å². The Bertz CT molecular complexity index is 456. The lowest BCUT2D eigenvalue weighted by atomic mass is 10.3. The van der Waals surface area contributed by atoms with Crippen molar-refractivity contribution >= 4 is 5.82 Å². The van der Waals surface area contributed by atoms with Crippen LogP contribution in [0.5, 0.6) is 0 Å². The lowest BCUT2D eigenvalue weighted by Gasteiger charge is -2.16. The third kappa shape index (κ3) is 3.46. The number of aliphatic hydroxyl groups excluding tert-OH is 1. The molecule has 0 radical (unpaired) electrons. The normalized spacial score (nSPS) is 13.7. The molecule has 0 spiro atoms. The Morgan fingerprint density at radius 3 is 2.61 bits per heavy atom. The minimum atomic E-state index is -4.72. The van der Waals surface area contributed by atoms with E-state index in [0.29, 0.717) is 0 Å². The molecule has 0 fully saturated rings. The van der Waals surface area contributed by atoms with E-state index in [1.165, 1.54) is 17.0 Å². The summed E-state index contributed by atoms with van der Waals surface area (Å²) in [6.07, 6.45) is -4.51. The number of hydrogen-bond donors (Lipinski definition) is 2. The summed E-state index contributed by atoms with van der Waals surface area (Å²) in [6, 6.07) is -0.131.